The van der Waals surface area contributed by atoms with Crippen LogP contribution >= 0.6 is 0 Å². The van der Waals surface area contributed by atoms with Crippen molar-refractivity contribution in [2.75, 3.05) is 0 Å². The van der Waals surface area contributed by atoms with Gasteiger partial charge in [0.2, 0.25) is 0 Å². The molecule has 0 saturated heterocycles. The standard InChI is InChI=1S/C16H25NOSe/c1-3-4-5-7-10-15(17-14(2)18)13-19-16-11-8-6-9-12-16/h6,8-9,11-12,15H,3-5,7,10,13H2,1-2H3,(H,17,18). The zero-order chi connectivity index (χ0) is 13.9. The topological polar surface area (TPSA) is 29.1 Å². The molecule has 0 aromatic heterocycles. The molecule has 0 bridgehead atoms. The van der Waals surface area contributed by atoms with Crippen molar-refractivity contribution >= 4 is 25.3 Å². The van der Waals surface area contributed by atoms with Crippen molar-refractivity contribution < 1.29 is 4.79 Å². The number of amides is 1. The fourth-order valence-corrected chi connectivity index (χ4v) is 4.10. The number of carbonyl (C=O) groups excluding carboxylic acids is 1. The van der Waals surface area contributed by atoms with Gasteiger partial charge in [0.15, 0.2) is 0 Å². The Morgan fingerprint density at radius 1 is 1.21 bits per heavy atom. The molecule has 1 aromatic rings. The van der Waals surface area contributed by atoms with Gasteiger partial charge >= 0.3 is 123 Å². The van der Waals surface area contributed by atoms with Gasteiger partial charge in [-0.15, -0.1) is 0 Å². The Hall–Kier alpha value is -0.791. The van der Waals surface area contributed by atoms with E-state index in [-0.39, 0.29) is 5.91 Å². The molecule has 0 aliphatic rings. The van der Waals surface area contributed by atoms with Crippen LogP contribution in [0, 0.1) is 0 Å². The first-order chi connectivity index (χ1) is 9.22. The SMILES string of the molecule is CCCCCCC(C[Se]c1ccccc1)NC(C)=O. The van der Waals surface area contributed by atoms with Crippen LogP contribution in [0.3, 0.4) is 0 Å². The minimum atomic E-state index is 0.101. The molecule has 0 spiro atoms. The maximum absolute atomic E-state index is 11.3. The molecule has 19 heavy (non-hydrogen) atoms. The third kappa shape index (κ3) is 8.07. The molecule has 1 unspecified atom stereocenters. The molecule has 1 amide bonds. The first kappa shape index (κ1) is 16.3. The summed E-state index contributed by atoms with van der Waals surface area (Å²) in [7, 11) is 0. The van der Waals surface area contributed by atoms with Gasteiger partial charge in [-0.05, 0) is 0 Å². The summed E-state index contributed by atoms with van der Waals surface area (Å²) in [5.41, 5.74) is 0. The summed E-state index contributed by atoms with van der Waals surface area (Å²) in [6, 6.07) is 11.0. The Bertz CT molecular complexity index is 353. The van der Waals surface area contributed by atoms with Gasteiger partial charge in [0.05, 0.1) is 0 Å². The van der Waals surface area contributed by atoms with E-state index in [9.17, 15) is 4.79 Å². The average Bonchev–Trinajstić information content (AvgIpc) is 2.41. The fourth-order valence-electron chi connectivity index (χ4n) is 2.02. The second kappa shape index (κ2) is 10.1. The van der Waals surface area contributed by atoms with Gasteiger partial charge in [-0.1, -0.05) is 0 Å². The van der Waals surface area contributed by atoms with Crippen molar-refractivity contribution in [3.05, 3.63) is 30.3 Å². The van der Waals surface area contributed by atoms with Crippen LogP contribution in [0.15, 0.2) is 30.3 Å². The van der Waals surface area contributed by atoms with Crippen molar-refractivity contribution in [3.63, 3.8) is 0 Å². The fraction of sp³-hybridized carbons (Fsp3) is 0.562. The Morgan fingerprint density at radius 2 is 1.95 bits per heavy atom. The molecular weight excluding hydrogens is 301 g/mol. The van der Waals surface area contributed by atoms with Gasteiger partial charge in [0.25, 0.3) is 0 Å². The zero-order valence-electron chi connectivity index (χ0n) is 12.0. The van der Waals surface area contributed by atoms with Crippen molar-refractivity contribution in [2.24, 2.45) is 0 Å². The van der Waals surface area contributed by atoms with E-state index < -0.39 is 0 Å². The minimum absolute atomic E-state index is 0.101. The van der Waals surface area contributed by atoms with Crippen LogP contribution in [-0.4, -0.2) is 26.9 Å². The molecule has 106 valence electrons. The van der Waals surface area contributed by atoms with E-state index in [2.05, 4.69) is 42.6 Å². The van der Waals surface area contributed by atoms with Crippen molar-refractivity contribution in [2.45, 2.75) is 57.3 Å². The average molecular weight is 326 g/mol. The van der Waals surface area contributed by atoms with Crippen LogP contribution in [0.5, 0.6) is 0 Å². The van der Waals surface area contributed by atoms with Gasteiger partial charge in [-0.3, -0.25) is 0 Å². The van der Waals surface area contributed by atoms with Crippen LogP contribution in [0.1, 0.15) is 46.0 Å². The molecule has 0 radical (unpaired) electrons. The summed E-state index contributed by atoms with van der Waals surface area (Å²) in [5.74, 6) is 0.101. The predicted molar refractivity (Wildman–Crippen MR) is 83.0 cm³/mol. The van der Waals surface area contributed by atoms with E-state index >= 15 is 0 Å². The first-order valence-corrected chi connectivity index (χ1v) is 9.24. The number of carbonyl (C=O) groups is 1. The van der Waals surface area contributed by atoms with Gasteiger partial charge in [-0.25, -0.2) is 0 Å². The van der Waals surface area contributed by atoms with E-state index in [0.29, 0.717) is 21.0 Å². The molecule has 3 heteroatoms. The molecule has 1 rings (SSSR count). The van der Waals surface area contributed by atoms with Gasteiger partial charge in [0, 0.05) is 0 Å². The number of nitrogens with one attached hydrogen (secondary N) is 1. The summed E-state index contributed by atoms with van der Waals surface area (Å²) < 4.78 is 1.42. The molecule has 1 N–H and O–H groups in total. The normalized spacial score (nSPS) is 12.1. The second-order valence-corrected chi connectivity index (χ2v) is 7.16. The summed E-state index contributed by atoms with van der Waals surface area (Å²) in [4.78, 5) is 11.3. The van der Waals surface area contributed by atoms with Gasteiger partial charge < -0.3 is 0 Å². The number of benzene rings is 1. The van der Waals surface area contributed by atoms with Gasteiger partial charge in [-0.2, -0.15) is 0 Å². The quantitative estimate of drug-likeness (QED) is 0.549. The monoisotopic (exact) mass is 327 g/mol. The third-order valence-electron chi connectivity index (χ3n) is 3.01. The zero-order valence-corrected chi connectivity index (χ0v) is 13.7. The molecule has 0 fully saturated rings. The Balaban J connectivity index is 2.34. The molecule has 0 saturated carbocycles. The van der Waals surface area contributed by atoms with Crippen LogP contribution in [0.25, 0.3) is 0 Å². The van der Waals surface area contributed by atoms with Crippen LogP contribution in [0.2, 0.25) is 5.32 Å². The predicted octanol–water partition coefficient (Wildman–Crippen LogP) is 2.91. The maximum atomic E-state index is 11.3. The summed E-state index contributed by atoms with van der Waals surface area (Å²) >= 11 is 0.457. The van der Waals surface area contributed by atoms with Crippen molar-refractivity contribution in [1.82, 2.24) is 5.32 Å². The van der Waals surface area contributed by atoms with E-state index in [4.69, 9.17) is 0 Å². The van der Waals surface area contributed by atoms with Crippen molar-refractivity contribution in [1.29, 1.82) is 0 Å². The van der Waals surface area contributed by atoms with E-state index in [1.54, 1.807) is 6.92 Å². The number of unbranched alkanes of at least 4 members (excludes halogenated alkanes) is 3. The molecule has 0 aliphatic heterocycles. The molecule has 0 heterocycles. The number of hydrogen-bond donors (Lipinski definition) is 1. The van der Waals surface area contributed by atoms with E-state index in [1.807, 2.05) is 0 Å². The van der Waals surface area contributed by atoms with Crippen molar-refractivity contribution in [3.8, 4) is 0 Å². The Morgan fingerprint density at radius 3 is 2.58 bits per heavy atom. The second-order valence-electron chi connectivity index (χ2n) is 4.87. The molecule has 1 atom stereocenters. The van der Waals surface area contributed by atoms with E-state index in [1.165, 1.54) is 30.1 Å². The summed E-state index contributed by atoms with van der Waals surface area (Å²) in [6.45, 7) is 3.85. The first-order valence-electron chi connectivity index (χ1n) is 7.17. The summed E-state index contributed by atoms with van der Waals surface area (Å²) in [6.07, 6.45) is 6.19. The Labute approximate surface area is 123 Å². The molecule has 1 aromatic carbocycles. The van der Waals surface area contributed by atoms with Crippen LogP contribution in [-0.2, 0) is 4.79 Å². The Kier molecular flexibility index (Phi) is 8.60. The van der Waals surface area contributed by atoms with Crippen LogP contribution in [0.4, 0.5) is 0 Å². The molecule has 0 aliphatic carbocycles. The molecular formula is C16H25NOSe. The summed E-state index contributed by atoms with van der Waals surface area (Å²) in [5, 5.41) is 4.20. The number of rotatable bonds is 9. The van der Waals surface area contributed by atoms with Crippen LogP contribution < -0.4 is 9.78 Å². The van der Waals surface area contributed by atoms with E-state index in [0.717, 1.165) is 11.7 Å². The molecule has 2 nitrogen and oxygen atoms in total. The van der Waals surface area contributed by atoms with Gasteiger partial charge in [0.1, 0.15) is 0 Å². The number of hydrogen-bond acceptors (Lipinski definition) is 1. The third-order valence-corrected chi connectivity index (χ3v) is 5.47.